The number of allylic oxidation sites excluding steroid dienone is 1. The van der Waals surface area contributed by atoms with Crippen LogP contribution in [-0.4, -0.2) is 30.2 Å². The summed E-state index contributed by atoms with van der Waals surface area (Å²) in [6, 6.07) is 7.41. The van der Waals surface area contributed by atoms with E-state index in [4.69, 9.17) is 9.47 Å². The summed E-state index contributed by atoms with van der Waals surface area (Å²) < 4.78 is 10.9. The molecule has 21 heavy (non-hydrogen) atoms. The minimum absolute atomic E-state index is 0.0126. The molecule has 1 N–H and O–H groups in total. The van der Waals surface area contributed by atoms with Gasteiger partial charge in [-0.2, -0.15) is 0 Å². The van der Waals surface area contributed by atoms with Crippen molar-refractivity contribution in [2.45, 2.75) is 32.0 Å². The van der Waals surface area contributed by atoms with Crippen molar-refractivity contribution in [1.29, 1.82) is 0 Å². The minimum atomic E-state index is -0.380. The second kappa shape index (κ2) is 5.53. The number of benzene rings is 1. The first kappa shape index (κ1) is 14.1. The summed E-state index contributed by atoms with van der Waals surface area (Å²) >= 11 is 0. The Bertz CT molecular complexity index is 561. The fourth-order valence-electron chi connectivity index (χ4n) is 3.25. The topological polar surface area (TPSA) is 55.8 Å². The van der Waals surface area contributed by atoms with Gasteiger partial charge < -0.3 is 14.6 Å². The van der Waals surface area contributed by atoms with Crippen molar-refractivity contribution in [3.8, 4) is 5.75 Å². The smallest absolute Gasteiger partial charge is 0.173 e. The van der Waals surface area contributed by atoms with Gasteiger partial charge in [0.25, 0.3) is 0 Å². The number of fused-ring (bicyclic) bond motifs is 1. The molecule has 1 saturated carbocycles. The highest BCUT2D eigenvalue weighted by Crippen LogP contribution is 2.39. The number of ketones is 1. The molecule has 4 nitrogen and oxygen atoms in total. The molecule has 4 unspecified atom stereocenters. The standard InChI is InChI=1S/C17H20O4/c1-10-15(18)8-7-13-16(19)14(9-21-17(10)13)11-3-5-12(20-2)6-4-11/h3-6,9-10,13,15,17-18H,7-8H2,1-2H3. The third-order valence-electron chi connectivity index (χ3n) is 4.64. The number of aliphatic hydroxyl groups is 1. The monoisotopic (exact) mass is 288 g/mol. The molecule has 1 aromatic rings. The molecule has 1 aromatic carbocycles. The fraction of sp³-hybridized carbons (Fsp3) is 0.471. The maximum atomic E-state index is 12.7. The summed E-state index contributed by atoms with van der Waals surface area (Å²) in [7, 11) is 1.61. The third-order valence-corrected chi connectivity index (χ3v) is 4.64. The number of carbonyl (C=O) groups excluding carboxylic acids is 1. The van der Waals surface area contributed by atoms with Gasteiger partial charge in [-0.25, -0.2) is 0 Å². The van der Waals surface area contributed by atoms with Crippen molar-refractivity contribution in [3.05, 3.63) is 36.1 Å². The van der Waals surface area contributed by atoms with Crippen LogP contribution in [-0.2, 0) is 9.53 Å². The maximum Gasteiger partial charge on any atom is 0.173 e. The van der Waals surface area contributed by atoms with Crippen LogP contribution in [0.15, 0.2) is 30.5 Å². The quantitative estimate of drug-likeness (QED) is 0.908. The largest absolute Gasteiger partial charge is 0.497 e. The van der Waals surface area contributed by atoms with E-state index in [1.165, 1.54) is 0 Å². The molecule has 0 bridgehead atoms. The number of ether oxygens (including phenoxy) is 2. The zero-order valence-electron chi connectivity index (χ0n) is 12.3. The van der Waals surface area contributed by atoms with Gasteiger partial charge in [0.1, 0.15) is 11.9 Å². The van der Waals surface area contributed by atoms with E-state index in [0.29, 0.717) is 18.4 Å². The van der Waals surface area contributed by atoms with E-state index in [1.54, 1.807) is 13.4 Å². The molecular weight excluding hydrogens is 268 g/mol. The van der Waals surface area contributed by atoms with Gasteiger partial charge >= 0.3 is 0 Å². The third kappa shape index (κ3) is 2.44. The average Bonchev–Trinajstić information content (AvgIpc) is 2.52. The molecule has 4 heteroatoms. The molecule has 1 heterocycles. The van der Waals surface area contributed by atoms with Crippen molar-refractivity contribution in [3.63, 3.8) is 0 Å². The second-order valence-electron chi connectivity index (χ2n) is 5.84. The molecule has 4 atom stereocenters. The molecule has 0 spiro atoms. The Kier molecular flexibility index (Phi) is 3.72. The number of hydrogen-bond donors (Lipinski definition) is 1. The summed E-state index contributed by atoms with van der Waals surface area (Å²) in [6.45, 7) is 1.95. The highest BCUT2D eigenvalue weighted by Gasteiger charge is 2.44. The molecule has 0 saturated heterocycles. The van der Waals surface area contributed by atoms with Crippen LogP contribution in [0.25, 0.3) is 5.57 Å². The van der Waals surface area contributed by atoms with Gasteiger partial charge in [-0.05, 0) is 30.5 Å². The van der Waals surface area contributed by atoms with Gasteiger partial charge in [-0.15, -0.1) is 0 Å². The van der Waals surface area contributed by atoms with Gasteiger partial charge in [-0.3, -0.25) is 4.79 Å². The van der Waals surface area contributed by atoms with Gasteiger partial charge in [-0.1, -0.05) is 19.1 Å². The van der Waals surface area contributed by atoms with Crippen molar-refractivity contribution in [2.75, 3.05) is 7.11 Å². The van der Waals surface area contributed by atoms with E-state index in [0.717, 1.165) is 11.3 Å². The van der Waals surface area contributed by atoms with E-state index in [1.807, 2.05) is 31.2 Å². The van der Waals surface area contributed by atoms with Crippen LogP contribution in [0.4, 0.5) is 0 Å². The lowest BCUT2D eigenvalue weighted by atomic mass is 9.73. The zero-order chi connectivity index (χ0) is 15.0. The predicted molar refractivity (Wildman–Crippen MR) is 78.7 cm³/mol. The van der Waals surface area contributed by atoms with Crippen LogP contribution in [0.3, 0.4) is 0 Å². The number of hydrogen-bond acceptors (Lipinski definition) is 4. The minimum Gasteiger partial charge on any atom is -0.497 e. The number of carbonyl (C=O) groups is 1. The average molecular weight is 288 g/mol. The lowest BCUT2D eigenvalue weighted by Crippen LogP contribution is -2.46. The predicted octanol–water partition coefficient (Wildman–Crippen LogP) is 2.41. The van der Waals surface area contributed by atoms with E-state index < -0.39 is 0 Å². The van der Waals surface area contributed by atoms with E-state index >= 15 is 0 Å². The van der Waals surface area contributed by atoms with Gasteiger partial charge in [0, 0.05) is 5.92 Å². The van der Waals surface area contributed by atoms with E-state index in [-0.39, 0.29) is 29.8 Å². The molecule has 3 rings (SSSR count). The molecule has 0 radical (unpaired) electrons. The highest BCUT2D eigenvalue weighted by molar-refractivity contribution is 6.22. The summed E-state index contributed by atoms with van der Waals surface area (Å²) in [5, 5.41) is 9.92. The first-order valence-corrected chi connectivity index (χ1v) is 7.34. The Morgan fingerprint density at radius 1 is 1.24 bits per heavy atom. The summed E-state index contributed by atoms with van der Waals surface area (Å²) in [5.74, 6) is 0.720. The normalized spacial score (nSPS) is 32.0. The maximum absolute atomic E-state index is 12.7. The van der Waals surface area contributed by atoms with Crippen LogP contribution in [0.1, 0.15) is 25.3 Å². The molecule has 2 aliphatic rings. The molecule has 0 amide bonds. The number of aliphatic hydroxyl groups excluding tert-OH is 1. The lowest BCUT2D eigenvalue weighted by Gasteiger charge is -2.40. The number of rotatable bonds is 2. The Morgan fingerprint density at radius 3 is 2.62 bits per heavy atom. The zero-order valence-corrected chi connectivity index (χ0v) is 12.3. The Labute approximate surface area is 124 Å². The Balaban J connectivity index is 1.87. The molecular formula is C17H20O4. The molecule has 1 aliphatic heterocycles. The van der Waals surface area contributed by atoms with Gasteiger partial charge in [0.15, 0.2) is 5.78 Å². The van der Waals surface area contributed by atoms with Crippen molar-refractivity contribution in [1.82, 2.24) is 0 Å². The van der Waals surface area contributed by atoms with E-state index in [9.17, 15) is 9.90 Å². The SMILES string of the molecule is COc1ccc(C2=COC3C(CCC(O)C3C)C2=O)cc1. The van der Waals surface area contributed by atoms with Crippen molar-refractivity contribution >= 4 is 11.4 Å². The van der Waals surface area contributed by atoms with Crippen LogP contribution >= 0.6 is 0 Å². The fourth-order valence-corrected chi connectivity index (χ4v) is 3.25. The van der Waals surface area contributed by atoms with Crippen LogP contribution in [0.2, 0.25) is 0 Å². The van der Waals surface area contributed by atoms with Crippen LogP contribution in [0, 0.1) is 11.8 Å². The molecule has 1 aliphatic carbocycles. The number of methoxy groups -OCH3 is 1. The molecule has 0 aromatic heterocycles. The second-order valence-corrected chi connectivity index (χ2v) is 5.84. The van der Waals surface area contributed by atoms with E-state index in [2.05, 4.69) is 0 Å². The van der Waals surface area contributed by atoms with Gasteiger partial charge in [0.2, 0.25) is 0 Å². The van der Waals surface area contributed by atoms with Crippen molar-refractivity contribution < 1.29 is 19.4 Å². The summed E-state index contributed by atoms with van der Waals surface area (Å²) in [5.41, 5.74) is 1.46. The van der Waals surface area contributed by atoms with Crippen LogP contribution < -0.4 is 4.74 Å². The Morgan fingerprint density at radius 2 is 1.95 bits per heavy atom. The van der Waals surface area contributed by atoms with Gasteiger partial charge in [0.05, 0.1) is 31.0 Å². The highest BCUT2D eigenvalue weighted by atomic mass is 16.5. The summed E-state index contributed by atoms with van der Waals surface area (Å²) in [4.78, 5) is 12.7. The molecule has 112 valence electrons. The summed E-state index contributed by atoms with van der Waals surface area (Å²) in [6.07, 6.45) is 2.31. The Hall–Kier alpha value is -1.81. The van der Waals surface area contributed by atoms with Crippen LogP contribution in [0.5, 0.6) is 5.75 Å². The lowest BCUT2D eigenvalue weighted by molar-refractivity contribution is -0.131. The first-order chi connectivity index (χ1) is 10.1. The first-order valence-electron chi connectivity index (χ1n) is 7.34. The molecule has 1 fully saturated rings. The number of Topliss-reactive ketones (excluding diaryl/α,β-unsaturated/α-hetero) is 1. The van der Waals surface area contributed by atoms with Crippen molar-refractivity contribution in [2.24, 2.45) is 11.8 Å².